The third-order valence-corrected chi connectivity index (χ3v) is 8.03. The number of nitrogens with zero attached hydrogens (tertiary/aromatic N) is 5. The van der Waals surface area contributed by atoms with Gasteiger partial charge in [0, 0.05) is 52.9 Å². The highest BCUT2D eigenvalue weighted by atomic mass is 35.5. The molecule has 17 heteroatoms. The molecule has 5 rings (SSSR count). The molecular weight excluding hydrogens is 697 g/mol. The number of hydrogen-bond donors (Lipinski definition) is 4. The maximum Gasteiger partial charge on any atom is 0.338 e. The van der Waals surface area contributed by atoms with E-state index in [0.29, 0.717) is 85.7 Å². The van der Waals surface area contributed by atoms with Gasteiger partial charge in [-0.15, -0.1) is 5.10 Å². The van der Waals surface area contributed by atoms with Crippen LogP contribution in [0.15, 0.2) is 83.4 Å². The zero-order valence-corrected chi connectivity index (χ0v) is 29.1. The molecular formula is C35H39ClFN9O6. The molecule has 0 bridgehead atoms. The molecule has 0 aliphatic carbocycles. The predicted molar refractivity (Wildman–Crippen MR) is 189 cm³/mol. The minimum atomic E-state index is -0.902. The third-order valence-electron chi connectivity index (χ3n) is 7.71. The first-order valence-electron chi connectivity index (χ1n) is 16.3. The molecule has 0 radical (unpaired) electrons. The number of nitrogen functional groups attached to an aromatic ring is 1. The van der Waals surface area contributed by atoms with Crippen LogP contribution in [0.4, 0.5) is 10.1 Å². The number of amides is 1. The summed E-state index contributed by atoms with van der Waals surface area (Å²) >= 11 is 6.43. The lowest BCUT2D eigenvalue weighted by molar-refractivity contribution is -0.136. The van der Waals surface area contributed by atoms with Crippen LogP contribution in [0.5, 0.6) is 0 Å². The number of benzene rings is 2. The summed E-state index contributed by atoms with van der Waals surface area (Å²) in [6.45, 7) is 2.50. The van der Waals surface area contributed by atoms with Gasteiger partial charge in [0.1, 0.15) is 23.4 Å². The average molecular weight is 736 g/mol. The SMILES string of the molecule is COC(=O)C1=C(COCc2cn(CCOCCOCCNC(=O)c3cc(N)cc(CN)c3)nn2)NC(c2ccncc2)=NC1c1ccc(F)cc1Cl. The molecule has 52 heavy (non-hydrogen) atoms. The van der Waals surface area contributed by atoms with Gasteiger partial charge in [-0.1, -0.05) is 22.9 Å². The van der Waals surface area contributed by atoms with Crippen molar-refractivity contribution < 1.29 is 32.9 Å². The molecule has 1 amide bonds. The van der Waals surface area contributed by atoms with Crippen LogP contribution in [0.2, 0.25) is 5.02 Å². The van der Waals surface area contributed by atoms with E-state index in [-0.39, 0.29) is 29.7 Å². The number of rotatable bonds is 18. The molecule has 0 saturated carbocycles. The first kappa shape index (κ1) is 38.0. The second-order valence-electron chi connectivity index (χ2n) is 11.4. The van der Waals surface area contributed by atoms with Gasteiger partial charge in [-0.2, -0.15) is 0 Å². The molecule has 0 spiro atoms. The lowest BCUT2D eigenvalue weighted by Crippen LogP contribution is -2.35. The van der Waals surface area contributed by atoms with Crippen molar-refractivity contribution in [3.8, 4) is 0 Å². The van der Waals surface area contributed by atoms with Crippen molar-refractivity contribution in [1.82, 2.24) is 30.6 Å². The van der Waals surface area contributed by atoms with E-state index < -0.39 is 17.8 Å². The van der Waals surface area contributed by atoms with Gasteiger partial charge in [0.15, 0.2) is 0 Å². The van der Waals surface area contributed by atoms with E-state index in [2.05, 4.69) is 25.9 Å². The summed E-state index contributed by atoms with van der Waals surface area (Å²) in [6.07, 6.45) is 4.96. The van der Waals surface area contributed by atoms with Crippen molar-refractivity contribution >= 4 is 35.0 Å². The number of methoxy groups -OCH3 is 1. The number of anilines is 1. The number of esters is 1. The lowest BCUT2D eigenvalue weighted by atomic mass is 9.95. The number of hydrogen-bond acceptors (Lipinski definition) is 13. The minimum Gasteiger partial charge on any atom is -0.466 e. The third kappa shape index (κ3) is 10.4. The van der Waals surface area contributed by atoms with Crippen LogP contribution in [0.25, 0.3) is 0 Å². The van der Waals surface area contributed by atoms with Crippen molar-refractivity contribution in [3.05, 3.63) is 117 Å². The van der Waals surface area contributed by atoms with Crippen molar-refractivity contribution in [2.45, 2.75) is 25.7 Å². The van der Waals surface area contributed by atoms with Crippen LogP contribution in [0, 0.1) is 5.82 Å². The van der Waals surface area contributed by atoms with Gasteiger partial charge in [0.05, 0.1) is 70.8 Å². The summed E-state index contributed by atoms with van der Waals surface area (Å²) in [5, 5.41) is 14.4. The van der Waals surface area contributed by atoms with Crippen LogP contribution in [0.3, 0.4) is 0 Å². The number of aromatic nitrogens is 4. The van der Waals surface area contributed by atoms with E-state index in [0.717, 1.165) is 5.56 Å². The maximum absolute atomic E-state index is 13.9. The van der Waals surface area contributed by atoms with Crippen molar-refractivity contribution in [1.29, 1.82) is 0 Å². The number of nitrogens with one attached hydrogen (secondary N) is 2. The van der Waals surface area contributed by atoms with Crippen LogP contribution in [-0.4, -0.2) is 84.4 Å². The Balaban J connectivity index is 1.08. The van der Waals surface area contributed by atoms with E-state index in [9.17, 15) is 14.0 Å². The van der Waals surface area contributed by atoms with Gasteiger partial charge < -0.3 is 41.0 Å². The molecule has 3 heterocycles. The molecule has 0 saturated heterocycles. The van der Waals surface area contributed by atoms with Gasteiger partial charge in [-0.05, 0) is 48.0 Å². The highest BCUT2D eigenvalue weighted by Gasteiger charge is 2.33. The molecule has 4 aromatic rings. The number of pyridine rings is 1. The topological polar surface area (TPSA) is 203 Å². The Bertz CT molecular complexity index is 1910. The molecule has 1 atom stereocenters. The minimum absolute atomic E-state index is 0.0421. The maximum atomic E-state index is 13.9. The summed E-state index contributed by atoms with van der Waals surface area (Å²) in [5.74, 6) is -0.973. The largest absolute Gasteiger partial charge is 0.466 e. The van der Waals surface area contributed by atoms with Gasteiger partial charge in [0.25, 0.3) is 5.91 Å². The lowest BCUT2D eigenvalue weighted by Gasteiger charge is -2.28. The molecule has 6 N–H and O–H groups in total. The second kappa shape index (κ2) is 18.8. The van der Waals surface area contributed by atoms with Crippen molar-refractivity contribution in [3.63, 3.8) is 0 Å². The first-order valence-corrected chi connectivity index (χ1v) is 16.6. The summed E-state index contributed by atoms with van der Waals surface area (Å²) < 4.78 is 37.8. The Morgan fingerprint density at radius 2 is 1.81 bits per heavy atom. The molecule has 274 valence electrons. The number of ether oxygens (including phenoxy) is 4. The molecule has 2 aromatic carbocycles. The number of amidine groups is 1. The van der Waals surface area contributed by atoms with Gasteiger partial charge in [0.2, 0.25) is 0 Å². The van der Waals surface area contributed by atoms with E-state index in [1.165, 1.54) is 25.3 Å². The second-order valence-corrected chi connectivity index (χ2v) is 11.8. The number of nitrogens with two attached hydrogens (primary N) is 2. The van der Waals surface area contributed by atoms with Crippen LogP contribution >= 0.6 is 11.6 Å². The fourth-order valence-corrected chi connectivity index (χ4v) is 5.49. The monoisotopic (exact) mass is 735 g/mol. The van der Waals surface area contributed by atoms with Crippen molar-refractivity contribution in [2.75, 3.05) is 52.4 Å². The van der Waals surface area contributed by atoms with Gasteiger partial charge in [-0.25, -0.2) is 13.9 Å². The highest BCUT2D eigenvalue weighted by Crippen LogP contribution is 2.36. The van der Waals surface area contributed by atoms with E-state index in [4.69, 9.17) is 47.0 Å². The Morgan fingerprint density at radius 1 is 1.02 bits per heavy atom. The standard InChI is InChI=1S/C35H39ClFN9O6/c1-49-35(48)31-30(42-33(23-4-6-40-7-5-23)43-32(31)28-3-2-25(37)17-29(28)36)21-52-20-27-19-46(45-44-27)9-11-51-13-12-50-10-8-41-34(47)24-14-22(18-38)15-26(39)16-24/h2-7,14-17,19,32H,8-13,18,20-21,38-39H2,1H3,(H,41,47)(H,42,43). The predicted octanol–water partition coefficient (Wildman–Crippen LogP) is 2.70. The summed E-state index contributed by atoms with van der Waals surface area (Å²) in [4.78, 5) is 34.3. The smallest absolute Gasteiger partial charge is 0.338 e. The molecule has 15 nitrogen and oxygen atoms in total. The fraction of sp³-hybridized carbons (Fsp3) is 0.314. The van der Waals surface area contributed by atoms with Crippen LogP contribution in [0.1, 0.15) is 38.8 Å². The normalized spacial score (nSPS) is 14.2. The molecule has 1 aliphatic heterocycles. The zero-order chi connectivity index (χ0) is 36.9. The summed E-state index contributed by atoms with van der Waals surface area (Å²) in [7, 11) is 1.26. The van der Waals surface area contributed by atoms with Gasteiger partial charge in [-0.3, -0.25) is 14.8 Å². The summed E-state index contributed by atoms with van der Waals surface area (Å²) in [5.41, 5.74) is 15.4. The quantitative estimate of drug-likeness (QED) is 0.0662. The molecule has 2 aromatic heterocycles. The Kier molecular flexibility index (Phi) is 13.7. The number of carbonyl (C=O) groups is 2. The number of aliphatic imine (C=N–C) groups is 1. The summed E-state index contributed by atoms with van der Waals surface area (Å²) in [6, 6.07) is 11.6. The fourth-order valence-electron chi connectivity index (χ4n) is 5.22. The van der Waals surface area contributed by atoms with Crippen LogP contribution < -0.4 is 22.1 Å². The molecule has 1 aliphatic rings. The van der Waals surface area contributed by atoms with E-state index in [1.807, 2.05) is 0 Å². The van der Waals surface area contributed by atoms with E-state index >= 15 is 0 Å². The first-order chi connectivity index (χ1) is 25.2. The van der Waals surface area contributed by atoms with E-state index in [1.54, 1.807) is 53.6 Å². The molecule has 1 unspecified atom stereocenters. The average Bonchev–Trinajstić information content (AvgIpc) is 3.60. The van der Waals surface area contributed by atoms with Crippen molar-refractivity contribution in [2.24, 2.45) is 10.7 Å². The molecule has 0 fully saturated rings. The Morgan fingerprint density at radius 3 is 2.56 bits per heavy atom. The Hall–Kier alpha value is -5.26. The Labute approximate surface area is 304 Å². The van der Waals surface area contributed by atoms with Crippen LogP contribution in [-0.2, 0) is 43.4 Å². The number of halogens is 2. The number of carbonyl (C=O) groups excluding carboxylic acids is 2. The van der Waals surface area contributed by atoms with Gasteiger partial charge >= 0.3 is 5.97 Å². The zero-order valence-electron chi connectivity index (χ0n) is 28.4. The highest BCUT2D eigenvalue weighted by molar-refractivity contribution is 6.31.